The van der Waals surface area contributed by atoms with E-state index in [4.69, 9.17) is 5.73 Å². The summed E-state index contributed by atoms with van der Waals surface area (Å²) in [6, 6.07) is 8.87. The molecule has 0 saturated heterocycles. The second-order valence-electron chi connectivity index (χ2n) is 4.59. The minimum atomic E-state index is -0.192. The number of hydrogen-bond acceptors (Lipinski definition) is 2. The van der Waals surface area contributed by atoms with Crippen LogP contribution in [0.3, 0.4) is 0 Å². The van der Waals surface area contributed by atoms with Gasteiger partial charge in [0.1, 0.15) is 5.82 Å². The smallest absolute Gasteiger partial charge is 0.126 e. The molecule has 19 heavy (non-hydrogen) atoms. The number of halogens is 2. The second-order valence-corrected chi connectivity index (χ2v) is 5.51. The molecule has 0 saturated carbocycles. The van der Waals surface area contributed by atoms with Gasteiger partial charge < -0.3 is 5.73 Å². The van der Waals surface area contributed by atoms with Gasteiger partial charge in [-0.3, -0.25) is 4.98 Å². The van der Waals surface area contributed by atoms with Crippen molar-refractivity contribution in [1.82, 2.24) is 4.98 Å². The van der Waals surface area contributed by atoms with Gasteiger partial charge in [0.15, 0.2) is 0 Å². The molecule has 0 aliphatic carbocycles. The molecule has 1 unspecified atom stereocenters. The molecule has 4 heteroatoms. The monoisotopic (exact) mass is 322 g/mol. The maximum atomic E-state index is 13.6. The van der Waals surface area contributed by atoms with Crippen LogP contribution >= 0.6 is 15.9 Å². The molecule has 1 heterocycles. The third-order valence-corrected chi connectivity index (χ3v) is 3.54. The molecule has 0 radical (unpaired) electrons. The molecule has 0 amide bonds. The van der Waals surface area contributed by atoms with Gasteiger partial charge in [0.2, 0.25) is 0 Å². The van der Waals surface area contributed by atoms with Crippen LogP contribution < -0.4 is 5.73 Å². The molecule has 1 aromatic carbocycles. The van der Waals surface area contributed by atoms with E-state index in [1.165, 1.54) is 11.6 Å². The normalized spacial score (nSPS) is 12.4. The summed E-state index contributed by atoms with van der Waals surface area (Å²) in [7, 11) is 0. The van der Waals surface area contributed by atoms with Crippen molar-refractivity contribution < 1.29 is 4.39 Å². The average Bonchev–Trinajstić information content (AvgIpc) is 2.42. The van der Waals surface area contributed by atoms with Crippen LogP contribution in [0.2, 0.25) is 0 Å². The van der Waals surface area contributed by atoms with Crippen molar-refractivity contribution in [3.63, 3.8) is 0 Å². The molecule has 100 valence electrons. The molecule has 0 aliphatic heterocycles. The summed E-state index contributed by atoms with van der Waals surface area (Å²) in [5, 5.41) is 0. The minimum absolute atomic E-state index is 0.0445. The predicted octanol–water partition coefficient (Wildman–Crippen LogP) is 3.49. The van der Waals surface area contributed by atoms with E-state index in [9.17, 15) is 4.39 Å². The van der Waals surface area contributed by atoms with Crippen molar-refractivity contribution >= 4 is 15.9 Å². The summed E-state index contributed by atoms with van der Waals surface area (Å²) in [6.45, 7) is 0. The lowest BCUT2D eigenvalue weighted by Gasteiger charge is -2.12. The standard InChI is InChI=1S/C15H16BrFN2/c16-13-2-4-15(17)12(9-13)10-14(18)3-1-11-5-7-19-8-6-11/h2,4-9,14H,1,3,10,18H2. The highest BCUT2D eigenvalue weighted by molar-refractivity contribution is 9.10. The number of nitrogens with two attached hydrogens (primary N) is 1. The number of benzene rings is 1. The Labute approximate surface area is 121 Å². The Kier molecular flexibility index (Phi) is 5.05. The molecular formula is C15H16BrFN2. The zero-order valence-electron chi connectivity index (χ0n) is 10.5. The van der Waals surface area contributed by atoms with Crippen LogP contribution in [0, 0.1) is 5.82 Å². The van der Waals surface area contributed by atoms with Gasteiger partial charge in [-0.15, -0.1) is 0 Å². The molecule has 0 fully saturated rings. The second kappa shape index (κ2) is 6.78. The summed E-state index contributed by atoms with van der Waals surface area (Å²) in [5.74, 6) is -0.192. The van der Waals surface area contributed by atoms with E-state index in [0.717, 1.165) is 17.3 Å². The Bertz CT molecular complexity index is 531. The molecule has 2 aromatic rings. The fourth-order valence-electron chi connectivity index (χ4n) is 1.99. The fourth-order valence-corrected chi connectivity index (χ4v) is 2.39. The predicted molar refractivity (Wildman–Crippen MR) is 78.3 cm³/mol. The van der Waals surface area contributed by atoms with Gasteiger partial charge in [-0.2, -0.15) is 0 Å². The highest BCUT2D eigenvalue weighted by Gasteiger charge is 2.09. The summed E-state index contributed by atoms with van der Waals surface area (Å²) in [6.07, 6.45) is 5.81. The molecule has 2 nitrogen and oxygen atoms in total. The Morgan fingerprint density at radius 3 is 2.68 bits per heavy atom. The zero-order valence-corrected chi connectivity index (χ0v) is 12.1. The summed E-state index contributed by atoms with van der Waals surface area (Å²) < 4.78 is 14.5. The minimum Gasteiger partial charge on any atom is -0.327 e. The van der Waals surface area contributed by atoms with E-state index in [0.29, 0.717) is 12.0 Å². The zero-order chi connectivity index (χ0) is 13.7. The molecule has 1 atom stereocenters. The topological polar surface area (TPSA) is 38.9 Å². The van der Waals surface area contributed by atoms with E-state index in [-0.39, 0.29) is 11.9 Å². The molecule has 0 bridgehead atoms. The SMILES string of the molecule is NC(CCc1ccncc1)Cc1cc(Br)ccc1F. The van der Waals surface area contributed by atoms with Crippen molar-refractivity contribution in [1.29, 1.82) is 0 Å². The highest BCUT2D eigenvalue weighted by Crippen LogP contribution is 2.17. The van der Waals surface area contributed by atoms with E-state index in [2.05, 4.69) is 20.9 Å². The van der Waals surface area contributed by atoms with Crippen molar-refractivity contribution in [3.8, 4) is 0 Å². The third-order valence-electron chi connectivity index (χ3n) is 3.04. The van der Waals surface area contributed by atoms with Crippen molar-refractivity contribution in [3.05, 3.63) is 64.1 Å². The van der Waals surface area contributed by atoms with Crippen LogP contribution in [-0.4, -0.2) is 11.0 Å². The van der Waals surface area contributed by atoms with Gasteiger partial charge in [0, 0.05) is 22.9 Å². The van der Waals surface area contributed by atoms with Gasteiger partial charge in [-0.1, -0.05) is 15.9 Å². The first-order chi connectivity index (χ1) is 9.15. The number of pyridine rings is 1. The van der Waals surface area contributed by atoms with Gasteiger partial charge in [0.05, 0.1) is 0 Å². The van der Waals surface area contributed by atoms with Crippen molar-refractivity contribution in [2.24, 2.45) is 5.73 Å². The van der Waals surface area contributed by atoms with E-state index < -0.39 is 0 Å². The number of aryl methyl sites for hydroxylation is 1. The summed E-state index contributed by atoms with van der Waals surface area (Å²) in [4.78, 5) is 3.98. The molecule has 2 rings (SSSR count). The quantitative estimate of drug-likeness (QED) is 0.915. The van der Waals surface area contributed by atoms with Crippen LogP contribution in [0.1, 0.15) is 17.5 Å². The van der Waals surface area contributed by atoms with Gasteiger partial charge in [-0.25, -0.2) is 4.39 Å². The number of nitrogens with zero attached hydrogens (tertiary/aromatic N) is 1. The Hall–Kier alpha value is -1.26. The Balaban J connectivity index is 1.90. The van der Waals surface area contributed by atoms with Crippen LogP contribution in [0.25, 0.3) is 0 Å². The van der Waals surface area contributed by atoms with Gasteiger partial charge >= 0.3 is 0 Å². The maximum absolute atomic E-state index is 13.6. The van der Waals surface area contributed by atoms with E-state index in [1.54, 1.807) is 24.5 Å². The Morgan fingerprint density at radius 1 is 1.21 bits per heavy atom. The first-order valence-corrected chi connectivity index (χ1v) is 7.03. The van der Waals surface area contributed by atoms with E-state index >= 15 is 0 Å². The van der Waals surface area contributed by atoms with Gasteiger partial charge in [-0.05, 0) is 60.7 Å². The molecular weight excluding hydrogens is 307 g/mol. The van der Waals surface area contributed by atoms with Gasteiger partial charge in [0.25, 0.3) is 0 Å². The van der Waals surface area contributed by atoms with Crippen LogP contribution in [-0.2, 0) is 12.8 Å². The lowest BCUT2D eigenvalue weighted by Crippen LogP contribution is -2.24. The number of hydrogen-bond donors (Lipinski definition) is 1. The Morgan fingerprint density at radius 2 is 1.95 bits per heavy atom. The molecule has 2 N–H and O–H groups in total. The van der Waals surface area contributed by atoms with E-state index in [1.807, 2.05) is 12.1 Å². The molecule has 0 aliphatic rings. The third kappa shape index (κ3) is 4.40. The summed E-state index contributed by atoms with van der Waals surface area (Å²) in [5.41, 5.74) is 7.95. The maximum Gasteiger partial charge on any atom is 0.126 e. The average molecular weight is 323 g/mol. The fraction of sp³-hybridized carbons (Fsp3) is 0.267. The largest absolute Gasteiger partial charge is 0.327 e. The molecule has 0 spiro atoms. The van der Waals surface area contributed by atoms with Crippen LogP contribution in [0.15, 0.2) is 47.2 Å². The first-order valence-electron chi connectivity index (χ1n) is 6.23. The lowest BCUT2D eigenvalue weighted by atomic mass is 10.00. The number of aromatic nitrogens is 1. The highest BCUT2D eigenvalue weighted by atomic mass is 79.9. The summed E-state index contributed by atoms with van der Waals surface area (Å²) >= 11 is 3.35. The number of rotatable bonds is 5. The molecule has 1 aromatic heterocycles. The lowest BCUT2D eigenvalue weighted by molar-refractivity contribution is 0.566. The van der Waals surface area contributed by atoms with Crippen LogP contribution in [0.4, 0.5) is 4.39 Å². The van der Waals surface area contributed by atoms with Crippen molar-refractivity contribution in [2.45, 2.75) is 25.3 Å². The van der Waals surface area contributed by atoms with Crippen molar-refractivity contribution in [2.75, 3.05) is 0 Å². The van der Waals surface area contributed by atoms with Crippen LogP contribution in [0.5, 0.6) is 0 Å². The first kappa shape index (κ1) is 14.2.